The summed E-state index contributed by atoms with van der Waals surface area (Å²) in [5.41, 5.74) is 6.03. The van der Waals surface area contributed by atoms with Crippen LogP contribution in [0.15, 0.2) is 24.3 Å². The summed E-state index contributed by atoms with van der Waals surface area (Å²) in [6.45, 7) is 6.25. The van der Waals surface area contributed by atoms with Crippen LogP contribution in [-0.2, 0) is 6.42 Å². The maximum atomic E-state index is 5.46. The first-order chi connectivity index (χ1) is 9.60. The van der Waals surface area contributed by atoms with Gasteiger partial charge in [0.1, 0.15) is 17.5 Å². The van der Waals surface area contributed by atoms with Gasteiger partial charge in [0.15, 0.2) is 0 Å². The van der Waals surface area contributed by atoms with Gasteiger partial charge in [0.2, 0.25) is 0 Å². The summed E-state index contributed by atoms with van der Waals surface area (Å²) in [4.78, 5) is 8.84. The van der Waals surface area contributed by atoms with E-state index < -0.39 is 0 Å². The molecule has 0 unspecified atom stereocenters. The number of hydrazine groups is 1. The monoisotopic (exact) mass is 271 g/mol. The summed E-state index contributed by atoms with van der Waals surface area (Å²) in [6.07, 6.45) is 1.83. The first-order valence-corrected chi connectivity index (χ1v) is 6.80. The average molecular weight is 271 g/mol. The average Bonchev–Trinajstić information content (AvgIpc) is 2.37. The van der Waals surface area contributed by atoms with Gasteiger partial charge < -0.3 is 10.7 Å². The Kier molecular flexibility index (Phi) is 4.53. The Bertz CT molecular complexity index is 575. The van der Waals surface area contributed by atoms with Crippen molar-refractivity contribution in [2.75, 3.05) is 10.7 Å². The molecule has 0 amide bonds. The van der Waals surface area contributed by atoms with E-state index in [9.17, 15) is 0 Å². The number of nitrogen functional groups attached to an aromatic ring is 1. The molecule has 0 spiro atoms. The first-order valence-electron chi connectivity index (χ1n) is 6.80. The van der Waals surface area contributed by atoms with E-state index in [-0.39, 0.29) is 0 Å². The highest BCUT2D eigenvalue weighted by Crippen LogP contribution is 2.20. The van der Waals surface area contributed by atoms with E-state index in [1.54, 1.807) is 6.07 Å². The summed E-state index contributed by atoms with van der Waals surface area (Å²) in [6, 6.07) is 8.12. The standard InChI is InChI=1S/C15H21N5/c1-4-5-13-18-14(9-15(19-13)20-16)17-12-7-10(2)6-11(3)8-12/h6-9H,4-5,16H2,1-3H3,(H2,17,18,19,20). The highest BCUT2D eigenvalue weighted by atomic mass is 15.3. The minimum atomic E-state index is 0.621. The number of nitrogens with one attached hydrogen (secondary N) is 2. The summed E-state index contributed by atoms with van der Waals surface area (Å²) in [7, 11) is 0. The number of nitrogens with two attached hydrogens (primary N) is 1. The Morgan fingerprint density at radius 1 is 1.00 bits per heavy atom. The van der Waals surface area contributed by atoms with Crippen LogP contribution in [0.1, 0.15) is 30.3 Å². The quantitative estimate of drug-likeness (QED) is 0.575. The third-order valence-electron chi connectivity index (χ3n) is 2.89. The minimum Gasteiger partial charge on any atom is -0.340 e. The van der Waals surface area contributed by atoms with E-state index in [4.69, 9.17) is 5.84 Å². The van der Waals surface area contributed by atoms with Crippen LogP contribution in [0.5, 0.6) is 0 Å². The molecular formula is C15H21N5. The van der Waals surface area contributed by atoms with Crippen molar-refractivity contribution in [1.82, 2.24) is 9.97 Å². The predicted octanol–water partition coefficient (Wildman–Crippen LogP) is 3.08. The highest BCUT2D eigenvalue weighted by molar-refractivity contribution is 5.60. The lowest BCUT2D eigenvalue weighted by molar-refractivity contribution is 0.837. The lowest BCUT2D eigenvalue weighted by Gasteiger charge is -2.10. The first kappa shape index (κ1) is 14.3. The molecule has 0 radical (unpaired) electrons. The Balaban J connectivity index is 2.29. The lowest BCUT2D eigenvalue weighted by Crippen LogP contribution is -2.11. The van der Waals surface area contributed by atoms with Crippen LogP contribution in [0.4, 0.5) is 17.3 Å². The van der Waals surface area contributed by atoms with E-state index in [0.717, 1.165) is 30.2 Å². The van der Waals surface area contributed by atoms with Crippen molar-refractivity contribution in [3.63, 3.8) is 0 Å². The highest BCUT2D eigenvalue weighted by Gasteiger charge is 2.04. The van der Waals surface area contributed by atoms with E-state index in [2.05, 4.69) is 59.7 Å². The molecule has 1 aromatic heterocycles. The normalized spacial score (nSPS) is 10.4. The van der Waals surface area contributed by atoms with Crippen LogP contribution in [0.2, 0.25) is 0 Å². The van der Waals surface area contributed by atoms with Gasteiger partial charge in [0.25, 0.3) is 0 Å². The Morgan fingerprint density at radius 2 is 1.65 bits per heavy atom. The van der Waals surface area contributed by atoms with Crippen molar-refractivity contribution in [1.29, 1.82) is 0 Å². The van der Waals surface area contributed by atoms with Crippen LogP contribution in [0.3, 0.4) is 0 Å². The number of aryl methyl sites for hydroxylation is 3. The van der Waals surface area contributed by atoms with Crippen LogP contribution in [0.25, 0.3) is 0 Å². The Labute approximate surface area is 119 Å². The number of anilines is 3. The zero-order valence-electron chi connectivity index (χ0n) is 12.2. The van der Waals surface area contributed by atoms with E-state index in [0.29, 0.717) is 5.82 Å². The lowest BCUT2D eigenvalue weighted by atomic mass is 10.1. The van der Waals surface area contributed by atoms with Crippen molar-refractivity contribution in [2.24, 2.45) is 5.84 Å². The fraction of sp³-hybridized carbons (Fsp3) is 0.333. The Morgan fingerprint density at radius 3 is 2.25 bits per heavy atom. The van der Waals surface area contributed by atoms with Gasteiger partial charge in [0, 0.05) is 18.2 Å². The molecule has 2 rings (SSSR count). The van der Waals surface area contributed by atoms with Crippen LogP contribution < -0.4 is 16.6 Å². The third-order valence-corrected chi connectivity index (χ3v) is 2.89. The molecule has 1 heterocycles. The van der Waals surface area contributed by atoms with Gasteiger partial charge >= 0.3 is 0 Å². The second-order valence-corrected chi connectivity index (χ2v) is 4.95. The largest absolute Gasteiger partial charge is 0.340 e. The third kappa shape index (κ3) is 3.68. The van der Waals surface area contributed by atoms with Crippen LogP contribution >= 0.6 is 0 Å². The van der Waals surface area contributed by atoms with Gasteiger partial charge in [-0.05, 0) is 43.5 Å². The molecule has 0 aliphatic heterocycles. The summed E-state index contributed by atoms with van der Waals surface area (Å²) >= 11 is 0. The van der Waals surface area contributed by atoms with Gasteiger partial charge in [-0.3, -0.25) is 0 Å². The van der Waals surface area contributed by atoms with Crippen LogP contribution in [-0.4, -0.2) is 9.97 Å². The molecule has 0 aliphatic rings. The van der Waals surface area contributed by atoms with E-state index in [1.807, 2.05) is 0 Å². The number of hydrogen-bond acceptors (Lipinski definition) is 5. The van der Waals surface area contributed by atoms with E-state index >= 15 is 0 Å². The molecular weight excluding hydrogens is 250 g/mol. The van der Waals surface area contributed by atoms with Crippen molar-refractivity contribution in [2.45, 2.75) is 33.6 Å². The predicted molar refractivity (Wildman–Crippen MR) is 83.0 cm³/mol. The number of aromatic nitrogens is 2. The van der Waals surface area contributed by atoms with Gasteiger partial charge in [0.05, 0.1) is 0 Å². The molecule has 106 valence electrons. The molecule has 0 bridgehead atoms. The maximum Gasteiger partial charge on any atom is 0.145 e. The molecule has 0 fully saturated rings. The fourth-order valence-corrected chi connectivity index (χ4v) is 2.17. The molecule has 5 heteroatoms. The molecule has 0 saturated heterocycles. The molecule has 2 aromatic rings. The number of benzene rings is 1. The summed E-state index contributed by atoms with van der Waals surface area (Å²) in [5, 5.41) is 3.31. The summed E-state index contributed by atoms with van der Waals surface area (Å²) < 4.78 is 0. The molecule has 0 saturated carbocycles. The number of nitrogens with zero attached hydrogens (tertiary/aromatic N) is 2. The second-order valence-electron chi connectivity index (χ2n) is 4.95. The smallest absolute Gasteiger partial charge is 0.145 e. The van der Waals surface area contributed by atoms with Crippen molar-refractivity contribution in [3.05, 3.63) is 41.2 Å². The van der Waals surface area contributed by atoms with Crippen molar-refractivity contribution in [3.8, 4) is 0 Å². The minimum absolute atomic E-state index is 0.621. The molecule has 20 heavy (non-hydrogen) atoms. The second kappa shape index (κ2) is 6.34. The fourth-order valence-electron chi connectivity index (χ4n) is 2.17. The van der Waals surface area contributed by atoms with Gasteiger partial charge in [-0.1, -0.05) is 13.0 Å². The topological polar surface area (TPSA) is 75.9 Å². The van der Waals surface area contributed by atoms with Gasteiger partial charge in [-0.15, -0.1) is 0 Å². The number of hydrogen-bond donors (Lipinski definition) is 3. The van der Waals surface area contributed by atoms with Crippen molar-refractivity contribution >= 4 is 17.3 Å². The summed E-state index contributed by atoms with van der Waals surface area (Å²) in [5.74, 6) is 7.62. The van der Waals surface area contributed by atoms with Gasteiger partial charge in [-0.2, -0.15) is 0 Å². The SMILES string of the molecule is CCCc1nc(NN)cc(Nc2cc(C)cc(C)c2)n1. The number of rotatable bonds is 5. The zero-order chi connectivity index (χ0) is 14.5. The Hall–Kier alpha value is -2.14. The molecule has 1 aromatic carbocycles. The van der Waals surface area contributed by atoms with Crippen molar-refractivity contribution < 1.29 is 0 Å². The zero-order valence-corrected chi connectivity index (χ0v) is 12.2. The molecule has 4 N–H and O–H groups in total. The van der Waals surface area contributed by atoms with Crippen LogP contribution in [0, 0.1) is 13.8 Å². The van der Waals surface area contributed by atoms with E-state index in [1.165, 1.54) is 11.1 Å². The maximum absolute atomic E-state index is 5.46. The molecule has 5 nitrogen and oxygen atoms in total. The molecule has 0 atom stereocenters. The molecule has 0 aliphatic carbocycles. The van der Waals surface area contributed by atoms with Gasteiger partial charge in [-0.25, -0.2) is 15.8 Å².